The minimum atomic E-state index is -0.138. The lowest BCUT2D eigenvalue weighted by Gasteiger charge is -2.20. The summed E-state index contributed by atoms with van der Waals surface area (Å²) in [5.74, 6) is 3.91. The maximum Gasteiger partial charge on any atom is 0.203 e. The molecule has 0 N–H and O–H groups in total. The fraction of sp³-hybridized carbons (Fsp3) is 0.500. The summed E-state index contributed by atoms with van der Waals surface area (Å²) in [4.78, 5) is 0. The lowest BCUT2D eigenvalue weighted by Crippen LogP contribution is -2.15. The van der Waals surface area contributed by atoms with E-state index >= 15 is 0 Å². The molecule has 4 atom stereocenters. The van der Waals surface area contributed by atoms with Crippen LogP contribution in [-0.2, 0) is 9.47 Å². The van der Waals surface area contributed by atoms with Gasteiger partial charge in [0.25, 0.3) is 0 Å². The molecule has 0 amide bonds. The van der Waals surface area contributed by atoms with Crippen LogP contribution >= 0.6 is 0 Å². The van der Waals surface area contributed by atoms with Gasteiger partial charge in [-0.25, -0.2) is 0 Å². The van der Waals surface area contributed by atoms with E-state index in [1.54, 1.807) is 42.7 Å². The molecule has 8 heteroatoms. The third-order valence-corrected chi connectivity index (χ3v) is 6.30. The van der Waals surface area contributed by atoms with Crippen molar-refractivity contribution in [1.29, 1.82) is 0 Å². The number of hydrogen-bond acceptors (Lipinski definition) is 8. The van der Waals surface area contributed by atoms with Gasteiger partial charge in [0.05, 0.1) is 68.1 Å². The van der Waals surface area contributed by atoms with Crippen LogP contribution in [0.1, 0.15) is 23.3 Å². The Hall–Kier alpha value is -2.84. The summed E-state index contributed by atoms with van der Waals surface area (Å²) in [6.07, 6.45) is -0.276. The van der Waals surface area contributed by atoms with Crippen molar-refractivity contribution in [2.45, 2.75) is 12.2 Å². The second-order valence-corrected chi connectivity index (χ2v) is 7.75. The van der Waals surface area contributed by atoms with E-state index in [0.29, 0.717) is 47.7 Å². The van der Waals surface area contributed by atoms with Crippen molar-refractivity contribution in [3.63, 3.8) is 0 Å². The van der Waals surface area contributed by atoms with Gasteiger partial charge in [-0.05, 0) is 35.4 Å². The highest BCUT2D eigenvalue weighted by Gasteiger charge is 2.48. The van der Waals surface area contributed by atoms with Crippen molar-refractivity contribution in [2.24, 2.45) is 11.8 Å². The highest BCUT2D eigenvalue weighted by Crippen LogP contribution is 2.53. The molecule has 4 rings (SSSR count). The topological polar surface area (TPSA) is 73.8 Å². The van der Waals surface area contributed by atoms with Gasteiger partial charge in [0.2, 0.25) is 11.5 Å². The first kappa shape index (κ1) is 22.4. The normalized spacial score (nSPS) is 24.1. The van der Waals surface area contributed by atoms with E-state index in [9.17, 15) is 0 Å². The van der Waals surface area contributed by atoms with Crippen LogP contribution in [0.5, 0.6) is 34.5 Å². The van der Waals surface area contributed by atoms with Gasteiger partial charge in [-0.3, -0.25) is 0 Å². The van der Waals surface area contributed by atoms with Crippen molar-refractivity contribution < 1.29 is 37.9 Å². The monoisotopic (exact) mass is 446 g/mol. The van der Waals surface area contributed by atoms with Crippen LogP contribution in [0.4, 0.5) is 0 Å². The summed E-state index contributed by atoms with van der Waals surface area (Å²) >= 11 is 0. The van der Waals surface area contributed by atoms with Crippen molar-refractivity contribution in [3.8, 4) is 34.5 Å². The quantitative estimate of drug-likeness (QED) is 0.606. The molecule has 2 aliphatic heterocycles. The van der Waals surface area contributed by atoms with Crippen LogP contribution < -0.4 is 28.4 Å². The van der Waals surface area contributed by atoms with Crippen molar-refractivity contribution in [2.75, 3.05) is 55.9 Å². The predicted molar refractivity (Wildman–Crippen MR) is 117 cm³/mol. The summed E-state index contributed by atoms with van der Waals surface area (Å²) in [6.45, 7) is 1.15. The summed E-state index contributed by atoms with van der Waals surface area (Å²) in [5.41, 5.74) is 1.95. The Balaban J connectivity index is 1.64. The molecule has 0 aromatic heterocycles. The molecule has 2 heterocycles. The highest BCUT2D eigenvalue weighted by atomic mass is 16.5. The van der Waals surface area contributed by atoms with E-state index in [4.69, 9.17) is 37.9 Å². The molecule has 0 bridgehead atoms. The third-order valence-electron chi connectivity index (χ3n) is 6.30. The molecule has 2 fully saturated rings. The maximum absolute atomic E-state index is 6.27. The minimum Gasteiger partial charge on any atom is -0.493 e. The van der Waals surface area contributed by atoms with E-state index in [1.807, 2.05) is 24.3 Å². The van der Waals surface area contributed by atoms with Gasteiger partial charge in [-0.1, -0.05) is 0 Å². The molecule has 2 aromatic rings. The average Bonchev–Trinajstić information content (AvgIpc) is 3.44. The molecule has 8 nitrogen and oxygen atoms in total. The van der Waals surface area contributed by atoms with Crippen molar-refractivity contribution in [1.82, 2.24) is 0 Å². The SMILES string of the molecule is COc1cc([C@H]2OC[C@@H]3[C@H]2CO[C@H]3c2cc(OC)c(OC)c(OC)c2)cc(OC)c1OC. The standard InChI is InChI=1S/C24H30O8/c1-25-17-7-13(8-18(26-2)23(17)29-5)21-15-11-32-22(16(15)12-31-21)14-9-19(27-3)24(30-6)20(10-14)28-4/h7-10,15-16,21-22H,11-12H2,1-6H3/t15-,16-,21-,22+/m1/s1. The van der Waals surface area contributed by atoms with Gasteiger partial charge >= 0.3 is 0 Å². The molecule has 174 valence electrons. The Morgan fingerprint density at radius 3 is 1.09 bits per heavy atom. The van der Waals surface area contributed by atoms with Crippen LogP contribution in [0.3, 0.4) is 0 Å². The van der Waals surface area contributed by atoms with Crippen LogP contribution in [0.2, 0.25) is 0 Å². The first-order chi connectivity index (χ1) is 15.6. The maximum atomic E-state index is 6.27. The molecule has 0 unspecified atom stereocenters. The number of fused-ring (bicyclic) bond motifs is 1. The van der Waals surface area contributed by atoms with Crippen molar-refractivity contribution >= 4 is 0 Å². The van der Waals surface area contributed by atoms with Gasteiger partial charge in [-0.15, -0.1) is 0 Å². The Morgan fingerprint density at radius 2 is 0.844 bits per heavy atom. The first-order valence-electron chi connectivity index (χ1n) is 10.4. The van der Waals surface area contributed by atoms with Gasteiger partial charge < -0.3 is 37.9 Å². The fourth-order valence-corrected chi connectivity index (χ4v) is 4.77. The zero-order valence-electron chi connectivity index (χ0n) is 19.3. The second kappa shape index (κ2) is 9.34. The largest absolute Gasteiger partial charge is 0.493 e. The molecular formula is C24H30O8. The Morgan fingerprint density at radius 1 is 0.531 bits per heavy atom. The molecular weight excluding hydrogens is 416 g/mol. The second-order valence-electron chi connectivity index (χ2n) is 7.75. The van der Waals surface area contributed by atoms with Gasteiger partial charge in [0.15, 0.2) is 23.0 Å². The Kier molecular flexibility index (Phi) is 6.53. The molecule has 32 heavy (non-hydrogen) atoms. The molecule has 0 radical (unpaired) electrons. The van der Waals surface area contributed by atoms with Crippen LogP contribution in [-0.4, -0.2) is 55.9 Å². The predicted octanol–water partition coefficient (Wildman–Crippen LogP) is 3.81. The molecule has 2 aliphatic rings. The summed E-state index contributed by atoms with van der Waals surface area (Å²) in [5, 5.41) is 0. The minimum absolute atomic E-state index is 0.138. The lowest BCUT2D eigenvalue weighted by molar-refractivity contribution is 0.0190. The summed E-state index contributed by atoms with van der Waals surface area (Å²) in [7, 11) is 9.62. The molecule has 2 aromatic carbocycles. The van der Waals surface area contributed by atoms with Crippen LogP contribution in [0, 0.1) is 11.8 Å². The van der Waals surface area contributed by atoms with E-state index in [-0.39, 0.29) is 24.0 Å². The number of ether oxygens (including phenoxy) is 8. The molecule has 0 aliphatic carbocycles. The molecule has 0 saturated carbocycles. The number of methoxy groups -OCH3 is 6. The molecule has 2 saturated heterocycles. The Bertz CT molecular complexity index is 832. The Labute approximate surface area is 188 Å². The number of benzene rings is 2. The fourth-order valence-electron chi connectivity index (χ4n) is 4.77. The van der Waals surface area contributed by atoms with Crippen LogP contribution in [0.25, 0.3) is 0 Å². The number of hydrogen-bond donors (Lipinski definition) is 0. The first-order valence-corrected chi connectivity index (χ1v) is 10.4. The smallest absolute Gasteiger partial charge is 0.203 e. The molecule has 0 spiro atoms. The van der Waals surface area contributed by atoms with Crippen LogP contribution in [0.15, 0.2) is 24.3 Å². The van der Waals surface area contributed by atoms with E-state index in [2.05, 4.69) is 0 Å². The average molecular weight is 446 g/mol. The summed E-state index contributed by atoms with van der Waals surface area (Å²) in [6, 6.07) is 7.78. The van der Waals surface area contributed by atoms with E-state index in [1.165, 1.54) is 0 Å². The number of rotatable bonds is 8. The van der Waals surface area contributed by atoms with Gasteiger partial charge in [0, 0.05) is 11.8 Å². The summed E-state index contributed by atoms with van der Waals surface area (Å²) < 4.78 is 45.5. The highest BCUT2D eigenvalue weighted by molar-refractivity contribution is 5.55. The zero-order valence-corrected chi connectivity index (χ0v) is 19.3. The van der Waals surface area contributed by atoms with E-state index < -0.39 is 0 Å². The van der Waals surface area contributed by atoms with Gasteiger partial charge in [-0.2, -0.15) is 0 Å². The van der Waals surface area contributed by atoms with E-state index in [0.717, 1.165) is 11.1 Å². The third kappa shape index (κ3) is 3.67. The van der Waals surface area contributed by atoms with Crippen molar-refractivity contribution in [3.05, 3.63) is 35.4 Å². The van der Waals surface area contributed by atoms with Gasteiger partial charge in [0.1, 0.15) is 0 Å². The zero-order chi connectivity index (χ0) is 22.8. The lowest BCUT2D eigenvalue weighted by atomic mass is 9.84.